The Balaban J connectivity index is -0.0000000567. The molecular weight excluding hydrogens is 436 g/mol. The van der Waals surface area contributed by atoms with Crippen LogP contribution in [0.25, 0.3) is 0 Å². The zero-order valence-electron chi connectivity index (χ0n) is 18.1. The van der Waals surface area contributed by atoms with Crippen molar-refractivity contribution in [1.82, 2.24) is 0 Å². The van der Waals surface area contributed by atoms with E-state index >= 15 is 0 Å². The quantitative estimate of drug-likeness (QED) is 0.327. The molecule has 0 amide bonds. The summed E-state index contributed by atoms with van der Waals surface area (Å²) in [6, 6.07) is 0. The molecule has 0 aromatic rings. The predicted octanol–water partition coefficient (Wildman–Crippen LogP) is 4.54. The van der Waals surface area contributed by atoms with E-state index in [0.717, 1.165) is 6.42 Å². The van der Waals surface area contributed by atoms with Gasteiger partial charge in [-0.1, -0.05) is 75.2 Å². The van der Waals surface area contributed by atoms with Gasteiger partial charge in [0.1, 0.15) is 23.4 Å². The lowest BCUT2D eigenvalue weighted by Gasteiger charge is -2.19. The fourth-order valence-corrected chi connectivity index (χ4v) is 1.58. The maximum Gasteiger partial charge on any atom is 0.123 e. The fourth-order valence-electron chi connectivity index (χ4n) is 1.58. The number of hydrogen-bond acceptors (Lipinski definition) is 7. The van der Waals surface area contributed by atoms with Crippen molar-refractivity contribution < 1.29 is 34.6 Å². The van der Waals surface area contributed by atoms with E-state index in [1.54, 1.807) is 27.7 Å². The van der Waals surface area contributed by atoms with Crippen LogP contribution in [-0.4, -0.2) is 83.5 Å². The van der Waals surface area contributed by atoms with Gasteiger partial charge < -0.3 is 34.6 Å². The monoisotopic (exact) mass is 498 g/mol. The molecule has 0 rings (SSSR count). The second-order valence-electron chi connectivity index (χ2n) is 6.91. The van der Waals surface area contributed by atoms with Gasteiger partial charge in [-0.15, -0.1) is 0 Å². The van der Waals surface area contributed by atoms with Crippen LogP contribution >= 0.6 is 0 Å². The van der Waals surface area contributed by atoms with Gasteiger partial charge in [0.25, 0.3) is 0 Å². The summed E-state index contributed by atoms with van der Waals surface area (Å²) >= 11 is 0. The first-order valence-corrected chi connectivity index (χ1v) is 9.48. The number of aliphatic hydroxyl groups is 4. The Morgan fingerprint density at radius 3 is 1.53 bits per heavy atom. The molecule has 0 heterocycles. The highest BCUT2D eigenvalue weighted by molar-refractivity contribution is 5.17. The molecule has 0 aromatic carbocycles. The van der Waals surface area contributed by atoms with Gasteiger partial charge in [0.2, 0.25) is 0 Å². The molecule has 2 unspecified atom stereocenters. The lowest BCUT2D eigenvalue weighted by atomic mass is 10.1. The van der Waals surface area contributed by atoms with Crippen molar-refractivity contribution >= 4 is 0 Å². The van der Waals surface area contributed by atoms with Crippen molar-refractivity contribution in [2.75, 3.05) is 39.6 Å². The van der Waals surface area contributed by atoms with Gasteiger partial charge in [0.05, 0.1) is 39.6 Å². The van der Waals surface area contributed by atoms with Crippen molar-refractivity contribution in [3.05, 3.63) is 0 Å². The van der Waals surface area contributed by atoms with Crippen molar-refractivity contribution in [2.45, 2.75) is 116 Å². The van der Waals surface area contributed by atoms with Crippen molar-refractivity contribution in [2.24, 2.45) is 0 Å². The van der Waals surface area contributed by atoms with Crippen LogP contribution in [-0.2, 0) is 14.2 Å². The third-order valence-electron chi connectivity index (χ3n) is 2.91. The van der Waals surface area contributed by atoms with Gasteiger partial charge in [-0.25, -0.2) is 0 Å². The lowest BCUT2D eigenvalue weighted by molar-refractivity contribution is 0.00547. The average molecular weight is 499 g/mol. The van der Waals surface area contributed by atoms with Gasteiger partial charge in [0, 0.05) is 0 Å². The summed E-state index contributed by atoms with van der Waals surface area (Å²) in [5.74, 6) is 11.3. The van der Waals surface area contributed by atoms with Crippen molar-refractivity contribution in [1.29, 1.82) is 0 Å². The summed E-state index contributed by atoms with van der Waals surface area (Å²) in [4.78, 5) is 0. The van der Waals surface area contributed by atoms with E-state index in [4.69, 9.17) is 29.5 Å². The molecule has 0 aliphatic heterocycles. The van der Waals surface area contributed by atoms with Gasteiger partial charge >= 0.3 is 0 Å². The smallest absolute Gasteiger partial charge is 0.123 e. The first-order valence-electron chi connectivity index (χ1n) is 9.48. The summed E-state index contributed by atoms with van der Waals surface area (Å²) in [6.45, 7) is 11.5. The second kappa shape index (κ2) is 31.8. The van der Waals surface area contributed by atoms with Gasteiger partial charge in [0.15, 0.2) is 0 Å². The minimum atomic E-state index is -1.00. The van der Waals surface area contributed by atoms with E-state index in [0.29, 0.717) is 13.2 Å². The topological polar surface area (TPSA) is 109 Å². The van der Waals surface area contributed by atoms with Crippen LogP contribution < -0.4 is 0 Å². The Kier molecular flexibility index (Phi) is 50.5. The van der Waals surface area contributed by atoms with Gasteiger partial charge in [-0.2, -0.15) is 0 Å². The van der Waals surface area contributed by atoms with E-state index in [9.17, 15) is 5.11 Å². The van der Waals surface area contributed by atoms with E-state index < -0.39 is 11.2 Å². The maximum absolute atomic E-state index is 9.33. The summed E-state index contributed by atoms with van der Waals surface area (Å²) < 4.78 is 15.7. The number of rotatable bonds is 10. The van der Waals surface area contributed by atoms with Crippen LogP contribution in [0, 0.1) is 23.7 Å². The molecule has 0 bridgehead atoms. The molecular formula is C27H62O7. The highest BCUT2D eigenvalue weighted by atomic mass is 16.5. The molecule has 0 aromatic heterocycles. The van der Waals surface area contributed by atoms with Gasteiger partial charge in [-0.3, -0.25) is 0 Å². The molecule has 7 nitrogen and oxygen atoms in total. The molecule has 4 N–H and O–H groups in total. The Morgan fingerprint density at radius 2 is 1.15 bits per heavy atom. The minimum absolute atomic E-state index is 0. The molecule has 0 aliphatic rings. The number of ether oxygens (including phenoxy) is 3. The Labute approximate surface area is 214 Å². The van der Waals surface area contributed by atoms with Crippen molar-refractivity contribution in [3.8, 4) is 23.7 Å². The Bertz CT molecular complexity index is 491. The molecule has 0 saturated carbocycles. The first-order chi connectivity index (χ1) is 13.0. The van der Waals surface area contributed by atoms with E-state index in [2.05, 4.69) is 23.7 Å². The Hall–Kier alpha value is -1.16. The number of aliphatic hydroxyl groups excluding tert-OH is 3. The van der Waals surface area contributed by atoms with Gasteiger partial charge in [-0.05, 0) is 41.0 Å². The van der Waals surface area contributed by atoms with E-state index in [1.165, 1.54) is 0 Å². The molecule has 0 saturated heterocycles. The van der Waals surface area contributed by atoms with E-state index in [1.807, 2.05) is 13.8 Å². The number of hydrogen-bond donors (Lipinski definition) is 4. The van der Waals surface area contributed by atoms with Crippen LogP contribution in [0.15, 0.2) is 0 Å². The SMILES string of the molecule is C.C.C.C.C.C.CC(C)(O)C#CC(C)(C)OCCO.CCC(C#CC(C)OCCO)OCCO. The standard InChI is InChI=1S/C11H20O4.C10H18O3.6CH4/c1-3-11(15-9-7-13)5-4-10(2)14-8-6-12;1-9(2,12)5-6-10(3,4)13-8-7-11;;;;;;/h10-13H,3,6-9H2,1-2H3;11-12H,7-8H2,1-4H3;6*1H4. The third-order valence-corrected chi connectivity index (χ3v) is 2.91. The van der Waals surface area contributed by atoms with Crippen LogP contribution in [0.5, 0.6) is 0 Å². The molecule has 0 spiro atoms. The van der Waals surface area contributed by atoms with Crippen LogP contribution in [0.2, 0.25) is 0 Å². The molecule has 0 radical (unpaired) electrons. The average Bonchev–Trinajstić information content (AvgIpc) is 2.63. The largest absolute Gasteiger partial charge is 0.394 e. The molecule has 0 fully saturated rings. The molecule has 7 heteroatoms. The van der Waals surface area contributed by atoms with Crippen LogP contribution in [0.4, 0.5) is 0 Å². The van der Waals surface area contributed by atoms with Crippen LogP contribution in [0.3, 0.4) is 0 Å². The molecule has 212 valence electrons. The molecule has 0 aliphatic carbocycles. The Morgan fingerprint density at radius 1 is 0.706 bits per heavy atom. The predicted molar refractivity (Wildman–Crippen MR) is 149 cm³/mol. The maximum atomic E-state index is 9.33. The second-order valence-corrected chi connectivity index (χ2v) is 6.91. The van der Waals surface area contributed by atoms with Crippen molar-refractivity contribution in [3.63, 3.8) is 0 Å². The normalized spacial score (nSPS) is 10.9. The van der Waals surface area contributed by atoms with Crippen LogP contribution in [0.1, 0.15) is 92.5 Å². The highest BCUT2D eigenvalue weighted by Gasteiger charge is 2.15. The summed E-state index contributed by atoms with van der Waals surface area (Å²) in [5, 5.41) is 35.0. The zero-order valence-corrected chi connectivity index (χ0v) is 18.1. The minimum Gasteiger partial charge on any atom is -0.394 e. The fraction of sp³-hybridized carbons (Fsp3) is 0.852. The summed E-state index contributed by atoms with van der Waals surface area (Å²) in [7, 11) is 0. The first kappa shape index (κ1) is 54.0. The highest BCUT2D eigenvalue weighted by Crippen LogP contribution is 2.08. The van der Waals surface area contributed by atoms with E-state index in [-0.39, 0.29) is 83.2 Å². The zero-order chi connectivity index (χ0) is 22.1. The summed E-state index contributed by atoms with van der Waals surface area (Å²) in [5.41, 5.74) is -1.62. The summed E-state index contributed by atoms with van der Waals surface area (Å²) in [6.07, 6.45) is 0.418. The third kappa shape index (κ3) is 41.1. The lowest BCUT2D eigenvalue weighted by Crippen LogP contribution is -2.25. The molecule has 2 atom stereocenters. The molecule has 34 heavy (non-hydrogen) atoms.